The number of benzene rings is 1. The molecule has 0 aliphatic carbocycles. The zero-order valence-corrected chi connectivity index (χ0v) is 15.0. The van der Waals surface area contributed by atoms with Crippen LogP contribution in [0, 0.1) is 0 Å². The van der Waals surface area contributed by atoms with Crippen LogP contribution >= 0.6 is 34.8 Å². The quantitative estimate of drug-likeness (QED) is 0.499. The molecule has 2 rings (SSSR count). The molecule has 0 saturated carbocycles. The lowest BCUT2D eigenvalue weighted by Crippen LogP contribution is -2.18. The number of alkyl halides is 4. The molecule has 1 atom stereocenters. The van der Waals surface area contributed by atoms with E-state index in [9.17, 15) is 18.0 Å². The van der Waals surface area contributed by atoms with Crippen LogP contribution in [-0.4, -0.2) is 23.4 Å². The number of hydrogen-bond acceptors (Lipinski definition) is 3. The van der Waals surface area contributed by atoms with Crippen LogP contribution in [0.5, 0.6) is 0 Å². The lowest BCUT2D eigenvalue weighted by molar-refractivity contribution is -0.140. The number of carbonyl (C=O) groups excluding carboxylic acids is 1. The van der Waals surface area contributed by atoms with Crippen LogP contribution in [0.25, 0.3) is 11.3 Å². The lowest BCUT2D eigenvalue weighted by Gasteiger charge is -2.13. The molecule has 1 unspecified atom stereocenters. The minimum atomic E-state index is -4.65. The maximum absolute atomic E-state index is 12.8. The van der Waals surface area contributed by atoms with Crippen molar-refractivity contribution in [3.8, 4) is 11.3 Å². The summed E-state index contributed by atoms with van der Waals surface area (Å²) < 4.78 is 43.1. The Hall–Kier alpha value is -1.50. The second kappa shape index (κ2) is 7.81. The van der Waals surface area contributed by atoms with Crippen LogP contribution in [0.3, 0.4) is 0 Å². The molecule has 0 saturated heterocycles. The summed E-state index contributed by atoms with van der Waals surface area (Å²) in [6, 6.07) is 6.59. The van der Waals surface area contributed by atoms with Gasteiger partial charge in [0.25, 0.3) is 0 Å². The highest BCUT2D eigenvalue weighted by Gasteiger charge is 2.35. The van der Waals surface area contributed by atoms with E-state index in [1.54, 1.807) is 24.3 Å². The molecule has 0 bridgehead atoms. The first-order valence-electron chi connectivity index (χ1n) is 6.87. The van der Waals surface area contributed by atoms with E-state index in [0.717, 1.165) is 0 Å². The topological polar surface area (TPSA) is 39.2 Å². The number of pyridine rings is 1. The number of aromatic nitrogens is 1. The van der Waals surface area contributed by atoms with Crippen LogP contribution in [0.2, 0.25) is 10.0 Å². The van der Waals surface area contributed by atoms with Gasteiger partial charge in [-0.1, -0.05) is 41.4 Å². The molecule has 134 valence electrons. The normalized spacial score (nSPS) is 12.8. The van der Waals surface area contributed by atoms with Gasteiger partial charge in [0, 0.05) is 11.8 Å². The van der Waals surface area contributed by atoms with Crippen molar-refractivity contribution >= 4 is 40.8 Å². The van der Waals surface area contributed by atoms with Crippen LogP contribution in [0.15, 0.2) is 30.5 Å². The highest BCUT2D eigenvalue weighted by atomic mass is 35.5. The Labute approximate surface area is 156 Å². The predicted molar refractivity (Wildman–Crippen MR) is 90.1 cm³/mol. The number of halogens is 6. The molecule has 25 heavy (non-hydrogen) atoms. The molecular weight excluding hydrogens is 402 g/mol. The molecule has 0 amide bonds. The Balaban J connectivity index is 2.39. The van der Waals surface area contributed by atoms with E-state index in [2.05, 4.69) is 9.72 Å². The van der Waals surface area contributed by atoms with Crippen LogP contribution in [-0.2, 0) is 22.1 Å². The summed E-state index contributed by atoms with van der Waals surface area (Å²) in [7, 11) is 1.22. The fourth-order valence-corrected chi connectivity index (χ4v) is 2.90. The molecular formula is C16H11Cl3F3NO2. The minimum Gasteiger partial charge on any atom is -0.468 e. The van der Waals surface area contributed by atoms with Gasteiger partial charge in [0.05, 0.1) is 28.4 Å². The Morgan fingerprint density at radius 2 is 1.96 bits per heavy atom. The molecule has 0 aliphatic heterocycles. The van der Waals surface area contributed by atoms with Crippen molar-refractivity contribution in [2.75, 3.05) is 7.11 Å². The van der Waals surface area contributed by atoms with Gasteiger partial charge in [0.15, 0.2) is 0 Å². The van der Waals surface area contributed by atoms with Crippen LogP contribution in [0.1, 0.15) is 11.1 Å². The average molecular weight is 413 g/mol. The van der Waals surface area contributed by atoms with Crippen molar-refractivity contribution in [3.05, 3.63) is 51.6 Å². The van der Waals surface area contributed by atoms with E-state index in [1.807, 2.05) is 0 Å². The highest BCUT2D eigenvalue weighted by molar-refractivity contribution is 6.44. The molecule has 3 nitrogen and oxygen atoms in total. The first kappa shape index (κ1) is 19.8. The Morgan fingerprint density at radius 1 is 1.28 bits per heavy atom. The fourth-order valence-electron chi connectivity index (χ4n) is 2.13. The number of carbonyl (C=O) groups is 1. The zero-order chi connectivity index (χ0) is 18.8. The summed E-state index contributed by atoms with van der Waals surface area (Å²) in [5.41, 5.74) is 0.111. The van der Waals surface area contributed by atoms with Gasteiger partial charge in [0.1, 0.15) is 5.38 Å². The Morgan fingerprint density at radius 3 is 2.56 bits per heavy atom. The summed E-state index contributed by atoms with van der Waals surface area (Å²) in [5, 5.41) is -1.81. The summed E-state index contributed by atoms with van der Waals surface area (Å²) in [5.74, 6) is -0.583. The number of methoxy groups -OCH3 is 1. The first-order valence-corrected chi connectivity index (χ1v) is 8.06. The number of esters is 1. The largest absolute Gasteiger partial charge is 0.468 e. The van der Waals surface area contributed by atoms with Gasteiger partial charge in [-0.05, 0) is 18.1 Å². The summed E-state index contributed by atoms with van der Waals surface area (Å²) >= 11 is 17.6. The highest BCUT2D eigenvalue weighted by Crippen LogP contribution is 2.41. The maximum atomic E-state index is 12.8. The van der Waals surface area contributed by atoms with E-state index in [1.165, 1.54) is 7.11 Å². The van der Waals surface area contributed by atoms with Crippen molar-refractivity contribution in [2.45, 2.75) is 18.0 Å². The monoisotopic (exact) mass is 411 g/mol. The van der Waals surface area contributed by atoms with Gasteiger partial charge in [0.2, 0.25) is 0 Å². The summed E-state index contributed by atoms with van der Waals surface area (Å²) in [6.45, 7) is 0. The fraction of sp³-hybridized carbons (Fsp3) is 0.250. The molecule has 9 heteroatoms. The van der Waals surface area contributed by atoms with Gasteiger partial charge < -0.3 is 4.74 Å². The van der Waals surface area contributed by atoms with Gasteiger partial charge in [-0.25, -0.2) is 0 Å². The van der Waals surface area contributed by atoms with Gasteiger partial charge in [-0.15, -0.1) is 11.6 Å². The second-order valence-electron chi connectivity index (χ2n) is 5.04. The SMILES string of the molecule is COC(=O)C(Cl)Cc1cccc(-c2ncc(C(F)(F)F)c(Cl)c2Cl)c1. The predicted octanol–water partition coefficient (Wildman–Crippen LogP) is 5.40. The second-order valence-corrected chi connectivity index (χ2v) is 6.32. The molecule has 1 aromatic heterocycles. The molecule has 1 heterocycles. The smallest absolute Gasteiger partial charge is 0.419 e. The molecule has 0 N–H and O–H groups in total. The van der Waals surface area contributed by atoms with Crippen molar-refractivity contribution in [1.29, 1.82) is 0 Å². The number of nitrogens with zero attached hydrogens (tertiary/aromatic N) is 1. The molecule has 0 spiro atoms. The number of rotatable bonds is 4. The van der Waals surface area contributed by atoms with E-state index >= 15 is 0 Å². The zero-order valence-electron chi connectivity index (χ0n) is 12.7. The van der Waals surface area contributed by atoms with Crippen molar-refractivity contribution in [3.63, 3.8) is 0 Å². The van der Waals surface area contributed by atoms with Crippen molar-refractivity contribution in [2.24, 2.45) is 0 Å². The third-order valence-corrected chi connectivity index (χ3v) is 4.53. The van der Waals surface area contributed by atoms with Gasteiger partial charge in [-0.3, -0.25) is 9.78 Å². The average Bonchev–Trinajstić information content (AvgIpc) is 2.55. The third kappa shape index (κ3) is 4.57. The number of ether oxygens (including phenoxy) is 1. The van der Waals surface area contributed by atoms with Crippen molar-refractivity contribution < 1.29 is 22.7 Å². The Bertz CT molecular complexity index is 797. The molecule has 0 fully saturated rings. The minimum absolute atomic E-state index is 0.103. The van der Waals surface area contributed by atoms with E-state index in [4.69, 9.17) is 34.8 Å². The van der Waals surface area contributed by atoms with E-state index < -0.39 is 28.1 Å². The summed E-state index contributed by atoms with van der Waals surface area (Å²) in [6.07, 6.45) is -3.84. The Kier molecular flexibility index (Phi) is 6.19. The molecule has 0 radical (unpaired) electrons. The van der Waals surface area contributed by atoms with E-state index in [-0.39, 0.29) is 17.1 Å². The standard InChI is InChI=1S/C16H11Cl3F3NO2/c1-25-15(24)11(17)6-8-3-2-4-9(5-8)14-13(19)12(18)10(7-23-14)16(20,21)22/h2-5,7,11H,6H2,1H3. The molecule has 1 aromatic carbocycles. The maximum Gasteiger partial charge on any atom is 0.419 e. The number of hydrogen-bond donors (Lipinski definition) is 0. The van der Waals surface area contributed by atoms with Gasteiger partial charge in [-0.2, -0.15) is 13.2 Å². The van der Waals surface area contributed by atoms with Crippen LogP contribution in [0.4, 0.5) is 13.2 Å². The summed E-state index contributed by atoms with van der Waals surface area (Å²) in [4.78, 5) is 15.2. The van der Waals surface area contributed by atoms with Crippen LogP contribution < -0.4 is 0 Å². The molecule has 2 aromatic rings. The van der Waals surface area contributed by atoms with Gasteiger partial charge >= 0.3 is 12.1 Å². The lowest BCUT2D eigenvalue weighted by atomic mass is 10.0. The molecule has 0 aliphatic rings. The van der Waals surface area contributed by atoms with E-state index in [0.29, 0.717) is 17.3 Å². The first-order chi connectivity index (χ1) is 11.6. The third-order valence-electron chi connectivity index (χ3n) is 3.34. The van der Waals surface area contributed by atoms with Crippen molar-refractivity contribution in [1.82, 2.24) is 4.98 Å².